The summed E-state index contributed by atoms with van der Waals surface area (Å²) in [6.45, 7) is 2.07. The van der Waals surface area contributed by atoms with Gasteiger partial charge in [-0.1, -0.05) is 90.1 Å². The van der Waals surface area contributed by atoms with E-state index in [9.17, 15) is 4.79 Å². The van der Waals surface area contributed by atoms with Gasteiger partial charge in [-0.25, -0.2) is 5.43 Å². The number of rotatable bonds is 7. The monoisotopic (exact) mass is 501 g/mol. The number of carbonyl (C=O) groups excluding carboxylic acids is 1. The van der Waals surface area contributed by atoms with Gasteiger partial charge in [-0.15, -0.1) is 10.2 Å². The number of aromatic nitrogens is 3. The van der Waals surface area contributed by atoms with Crippen LogP contribution in [0.5, 0.6) is 0 Å². The lowest BCUT2D eigenvalue weighted by molar-refractivity contribution is -0.118. The normalized spacial score (nSPS) is 14.6. The summed E-state index contributed by atoms with van der Waals surface area (Å²) in [5, 5.41) is 14.7. The number of nitrogens with zero attached hydrogens (tertiary/aromatic N) is 4. The second-order valence-corrected chi connectivity index (χ2v) is 9.87. The molecule has 6 nitrogen and oxygen atoms in total. The van der Waals surface area contributed by atoms with Crippen molar-refractivity contribution in [1.29, 1.82) is 0 Å². The Balaban J connectivity index is 1.45. The van der Waals surface area contributed by atoms with Crippen LogP contribution in [0.25, 0.3) is 11.4 Å². The molecule has 0 aliphatic heterocycles. The molecule has 0 spiro atoms. The third-order valence-corrected chi connectivity index (χ3v) is 7.11. The average Bonchev–Trinajstić information content (AvgIpc) is 3.24. The molecule has 0 atom stereocenters. The van der Waals surface area contributed by atoms with Crippen LogP contribution < -0.4 is 5.43 Å². The molecule has 4 rings (SSSR count). The summed E-state index contributed by atoms with van der Waals surface area (Å²) in [7, 11) is 0. The Bertz CT molecular complexity index is 1140. The molecule has 2 aromatic carbocycles. The zero-order valence-corrected chi connectivity index (χ0v) is 20.6. The van der Waals surface area contributed by atoms with E-state index < -0.39 is 0 Å². The molecule has 1 amide bonds. The molecule has 3 aromatic rings. The summed E-state index contributed by atoms with van der Waals surface area (Å²) in [5.41, 5.74) is 5.47. The molecule has 1 saturated carbocycles. The highest BCUT2D eigenvalue weighted by Gasteiger charge is 2.24. The molecule has 0 unspecified atom stereocenters. The Hall–Kier alpha value is -2.35. The highest BCUT2D eigenvalue weighted by molar-refractivity contribution is 7.99. The van der Waals surface area contributed by atoms with E-state index in [1.54, 1.807) is 18.2 Å². The van der Waals surface area contributed by atoms with Crippen LogP contribution in [0.3, 0.4) is 0 Å². The Morgan fingerprint density at radius 3 is 2.64 bits per heavy atom. The second-order valence-electron chi connectivity index (χ2n) is 8.08. The summed E-state index contributed by atoms with van der Waals surface area (Å²) in [6, 6.07) is 13.8. The van der Waals surface area contributed by atoms with Gasteiger partial charge in [0.2, 0.25) is 0 Å². The lowest BCUT2D eigenvalue weighted by atomic mass is 9.95. The number of aryl methyl sites for hydroxylation is 1. The van der Waals surface area contributed by atoms with Crippen molar-refractivity contribution in [2.24, 2.45) is 5.10 Å². The predicted octanol–water partition coefficient (Wildman–Crippen LogP) is 6.31. The standard InChI is InChI=1S/C24H25Cl2N5OS/c1-16-7-9-17(10-8-16)23-29-30-24(31(23)20-5-3-2-4-6-20)33-15-22(32)28-27-14-18-11-12-19(25)13-21(18)26/h7-14,20H,2-6,15H2,1H3,(H,28,32)/b27-14-. The summed E-state index contributed by atoms with van der Waals surface area (Å²) in [4.78, 5) is 12.4. The number of amides is 1. The van der Waals surface area contributed by atoms with Gasteiger partial charge in [0.15, 0.2) is 11.0 Å². The van der Waals surface area contributed by atoms with Gasteiger partial charge < -0.3 is 0 Å². The first-order valence-electron chi connectivity index (χ1n) is 10.9. The van der Waals surface area contributed by atoms with E-state index >= 15 is 0 Å². The van der Waals surface area contributed by atoms with Crippen LogP contribution >= 0.6 is 35.0 Å². The summed E-state index contributed by atoms with van der Waals surface area (Å²) < 4.78 is 2.22. The van der Waals surface area contributed by atoms with Crippen molar-refractivity contribution in [3.63, 3.8) is 0 Å². The minimum atomic E-state index is -0.226. The smallest absolute Gasteiger partial charge is 0.250 e. The Morgan fingerprint density at radius 2 is 1.91 bits per heavy atom. The van der Waals surface area contributed by atoms with Gasteiger partial charge in [0.25, 0.3) is 5.91 Å². The number of hydrogen-bond acceptors (Lipinski definition) is 5. The summed E-state index contributed by atoms with van der Waals surface area (Å²) in [6.07, 6.45) is 7.36. The van der Waals surface area contributed by atoms with Gasteiger partial charge in [0, 0.05) is 22.2 Å². The van der Waals surface area contributed by atoms with Gasteiger partial charge in [0.05, 0.1) is 17.0 Å². The first kappa shape index (κ1) is 23.8. The highest BCUT2D eigenvalue weighted by Crippen LogP contribution is 2.35. The summed E-state index contributed by atoms with van der Waals surface area (Å²) in [5.74, 6) is 0.821. The molecule has 0 saturated heterocycles. The predicted molar refractivity (Wildman–Crippen MR) is 135 cm³/mol. The van der Waals surface area contributed by atoms with Crippen molar-refractivity contribution in [3.05, 3.63) is 63.6 Å². The topological polar surface area (TPSA) is 72.2 Å². The van der Waals surface area contributed by atoms with Gasteiger partial charge in [0.1, 0.15) is 0 Å². The fourth-order valence-electron chi connectivity index (χ4n) is 3.89. The Morgan fingerprint density at radius 1 is 1.15 bits per heavy atom. The number of hydrazone groups is 1. The maximum atomic E-state index is 12.4. The fraction of sp³-hybridized carbons (Fsp3) is 0.333. The van der Waals surface area contributed by atoms with Crippen LogP contribution in [0.4, 0.5) is 0 Å². The van der Waals surface area contributed by atoms with Crippen molar-refractivity contribution in [1.82, 2.24) is 20.2 Å². The van der Waals surface area contributed by atoms with Crippen LogP contribution in [-0.4, -0.2) is 32.6 Å². The van der Waals surface area contributed by atoms with E-state index in [1.807, 2.05) is 0 Å². The fourth-order valence-corrected chi connectivity index (χ4v) is 5.14. The van der Waals surface area contributed by atoms with E-state index in [1.165, 1.54) is 42.8 Å². The van der Waals surface area contributed by atoms with Crippen LogP contribution in [0.2, 0.25) is 10.0 Å². The molecule has 0 bridgehead atoms. The lowest BCUT2D eigenvalue weighted by Gasteiger charge is -2.25. The Labute approximate surface area is 207 Å². The zero-order chi connectivity index (χ0) is 23.2. The number of carbonyl (C=O) groups is 1. The van der Waals surface area contributed by atoms with Crippen molar-refractivity contribution < 1.29 is 4.79 Å². The van der Waals surface area contributed by atoms with Gasteiger partial charge in [-0.2, -0.15) is 5.10 Å². The molecule has 9 heteroatoms. The first-order chi connectivity index (χ1) is 16.0. The molecule has 1 fully saturated rings. The maximum absolute atomic E-state index is 12.4. The van der Waals surface area contributed by atoms with Crippen molar-refractivity contribution in [2.75, 3.05) is 5.75 Å². The molecule has 1 aliphatic rings. The molecule has 33 heavy (non-hydrogen) atoms. The minimum absolute atomic E-state index is 0.185. The third kappa shape index (κ3) is 6.16. The zero-order valence-electron chi connectivity index (χ0n) is 18.3. The number of hydrogen-bond donors (Lipinski definition) is 1. The SMILES string of the molecule is Cc1ccc(-c2nnc(SCC(=O)N/N=C\c3ccc(Cl)cc3Cl)n2C2CCCCC2)cc1. The molecule has 172 valence electrons. The van der Waals surface area contributed by atoms with Crippen molar-refractivity contribution >= 4 is 47.1 Å². The number of nitrogens with one attached hydrogen (secondary N) is 1. The quantitative estimate of drug-likeness (QED) is 0.234. The van der Waals surface area contributed by atoms with E-state index in [0.29, 0.717) is 21.7 Å². The van der Waals surface area contributed by atoms with Crippen LogP contribution in [0, 0.1) is 6.92 Å². The maximum Gasteiger partial charge on any atom is 0.250 e. The molecule has 1 aliphatic carbocycles. The van der Waals surface area contributed by atoms with Crippen molar-refractivity contribution in [3.8, 4) is 11.4 Å². The lowest BCUT2D eigenvalue weighted by Crippen LogP contribution is -2.20. The van der Waals surface area contributed by atoms with Crippen LogP contribution in [0.1, 0.15) is 49.3 Å². The first-order valence-corrected chi connectivity index (χ1v) is 12.7. The van der Waals surface area contributed by atoms with E-state index in [2.05, 4.69) is 56.5 Å². The summed E-state index contributed by atoms with van der Waals surface area (Å²) >= 11 is 13.4. The minimum Gasteiger partial charge on any atom is -0.299 e. The molecule has 0 radical (unpaired) electrons. The van der Waals surface area contributed by atoms with E-state index in [-0.39, 0.29) is 11.7 Å². The molecular formula is C24H25Cl2N5OS. The molecule has 1 heterocycles. The van der Waals surface area contributed by atoms with Crippen LogP contribution in [-0.2, 0) is 4.79 Å². The van der Waals surface area contributed by atoms with Gasteiger partial charge in [-0.05, 0) is 31.9 Å². The molecular weight excluding hydrogens is 477 g/mol. The molecule has 1 aromatic heterocycles. The Kier molecular flexibility index (Phi) is 8.06. The second kappa shape index (κ2) is 11.2. The number of benzene rings is 2. The highest BCUT2D eigenvalue weighted by atomic mass is 35.5. The van der Waals surface area contributed by atoms with Gasteiger partial charge in [-0.3, -0.25) is 9.36 Å². The largest absolute Gasteiger partial charge is 0.299 e. The molecule has 1 N–H and O–H groups in total. The number of thioether (sulfide) groups is 1. The van der Waals surface area contributed by atoms with E-state index in [0.717, 1.165) is 29.4 Å². The van der Waals surface area contributed by atoms with Crippen LogP contribution in [0.15, 0.2) is 52.7 Å². The van der Waals surface area contributed by atoms with Gasteiger partial charge >= 0.3 is 0 Å². The number of halogens is 2. The third-order valence-electron chi connectivity index (χ3n) is 5.60. The van der Waals surface area contributed by atoms with E-state index in [4.69, 9.17) is 23.2 Å². The average molecular weight is 502 g/mol. The van der Waals surface area contributed by atoms with Crippen molar-refractivity contribution in [2.45, 2.75) is 50.2 Å².